The maximum Gasteiger partial charge on any atom is 0.257 e. The summed E-state index contributed by atoms with van der Waals surface area (Å²) in [5, 5.41) is 11.6. The number of halogens is 1. The molecule has 0 spiro atoms. The van der Waals surface area contributed by atoms with Gasteiger partial charge in [-0.2, -0.15) is 0 Å². The molecule has 0 fully saturated rings. The molecule has 0 bridgehead atoms. The molecule has 1 aromatic heterocycles. The Labute approximate surface area is 103 Å². The van der Waals surface area contributed by atoms with Gasteiger partial charge in [0.25, 0.3) is 5.91 Å². The molecule has 0 aliphatic carbocycles. The Morgan fingerprint density at radius 2 is 2.11 bits per heavy atom. The number of nitrogens with zero attached hydrogens (tertiary/aromatic N) is 1. The molecule has 0 radical (unpaired) electrons. The first-order valence-corrected chi connectivity index (χ1v) is 5.28. The molecule has 92 valence electrons. The highest BCUT2D eigenvalue weighted by Gasteiger charge is 2.10. The third-order valence-electron chi connectivity index (χ3n) is 2.36. The summed E-state index contributed by atoms with van der Waals surface area (Å²) < 4.78 is 13.4. The van der Waals surface area contributed by atoms with Crippen LogP contribution in [0.2, 0.25) is 0 Å². The van der Waals surface area contributed by atoms with Gasteiger partial charge in [0.05, 0.1) is 17.4 Å². The van der Waals surface area contributed by atoms with Gasteiger partial charge in [-0.25, -0.2) is 4.39 Å². The molecule has 2 rings (SSSR count). The summed E-state index contributed by atoms with van der Waals surface area (Å²) in [4.78, 5) is 15.5. The first-order valence-electron chi connectivity index (χ1n) is 5.28. The van der Waals surface area contributed by atoms with Crippen LogP contribution < -0.4 is 5.32 Å². The molecule has 0 unspecified atom stereocenters. The second-order valence-electron chi connectivity index (χ2n) is 3.87. The number of pyridine rings is 1. The van der Waals surface area contributed by atoms with Crippen LogP contribution in [0.1, 0.15) is 15.9 Å². The normalized spacial score (nSPS) is 10.1. The Hall–Kier alpha value is -2.43. The summed E-state index contributed by atoms with van der Waals surface area (Å²) in [6, 6.07) is 5.69. The number of rotatable bonds is 2. The smallest absolute Gasteiger partial charge is 0.257 e. The number of hydrogen-bond donors (Lipinski definition) is 2. The van der Waals surface area contributed by atoms with Gasteiger partial charge >= 0.3 is 0 Å². The largest absolute Gasteiger partial charge is 0.506 e. The van der Waals surface area contributed by atoms with Crippen LogP contribution in [0.3, 0.4) is 0 Å². The number of carbonyl (C=O) groups is 1. The number of benzene rings is 1. The van der Waals surface area contributed by atoms with E-state index in [1.165, 1.54) is 30.6 Å². The van der Waals surface area contributed by atoms with Crippen LogP contribution >= 0.6 is 0 Å². The second-order valence-corrected chi connectivity index (χ2v) is 3.87. The fourth-order valence-electron chi connectivity index (χ4n) is 1.48. The fraction of sp³-hybridized carbons (Fsp3) is 0.0769. The van der Waals surface area contributed by atoms with Crippen molar-refractivity contribution in [2.24, 2.45) is 0 Å². The molecule has 0 aliphatic rings. The number of aromatic hydroxyl groups is 1. The van der Waals surface area contributed by atoms with Crippen molar-refractivity contribution in [3.05, 3.63) is 53.6 Å². The van der Waals surface area contributed by atoms with Crippen LogP contribution in [0, 0.1) is 12.7 Å². The van der Waals surface area contributed by atoms with Crippen molar-refractivity contribution in [3.8, 4) is 5.75 Å². The van der Waals surface area contributed by atoms with Crippen molar-refractivity contribution < 1.29 is 14.3 Å². The highest BCUT2D eigenvalue weighted by atomic mass is 19.1. The molecular weight excluding hydrogens is 235 g/mol. The van der Waals surface area contributed by atoms with Gasteiger partial charge in [-0.05, 0) is 30.7 Å². The van der Waals surface area contributed by atoms with Crippen LogP contribution in [0.5, 0.6) is 5.75 Å². The SMILES string of the molecule is Cc1ccc(F)c(NC(=O)c2cncc(O)c2)c1. The molecule has 18 heavy (non-hydrogen) atoms. The Bertz CT molecular complexity index is 599. The van der Waals surface area contributed by atoms with Crippen molar-refractivity contribution in [2.75, 3.05) is 5.32 Å². The maximum absolute atomic E-state index is 13.4. The molecule has 0 aliphatic heterocycles. The third-order valence-corrected chi connectivity index (χ3v) is 2.36. The molecule has 1 amide bonds. The minimum Gasteiger partial charge on any atom is -0.506 e. The van der Waals surface area contributed by atoms with E-state index in [2.05, 4.69) is 10.3 Å². The number of aromatic nitrogens is 1. The highest BCUT2D eigenvalue weighted by Crippen LogP contribution is 2.17. The number of carbonyl (C=O) groups excluding carboxylic acids is 1. The number of nitrogens with one attached hydrogen (secondary N) is 1. The van der Waals surface area contributed by atoms with Gasteiger partial charge in [0.15, 0.2) is 0 Å². The lowest BCUT2D eigenvalue weighted by atomic mass is 10.2. The third kappa shape index (κ3) is 2.63. The summed E-state index contributed by atoms with van der Waals surface area (Å²) >= 11 is 0. The summed E-state index contributed by atoms with van der Waals surface area (Å²) in [6.07, 6.45) is 2.51. The monoisotopic (exact) mass is 246 g/mol. The van der Waals surface area contributed by atoms with Gasteiger partial charge in [-0.3, -0.25) is 9.78 Å². The molecule has 4 nitrogen and oxygen atoms in total. The molecule has 2 aromatic rings. The molecule has 0 saturated carbocycles. The average Bonchev–Trinajstić information content (AvgIpc) is 2.34. The summed E-state index contributed by atoms with van der Waals surface area (Å²) in [5.74, 6) is -1.16. The molecular formula is C13H11FN2O2. The summed E-state index contributed by atoms with van der Waals surface area (Å²) in [7, 11) is 0. The molecule has 0 atom stereocenters. The Morgan fingerprint density at radius 3 is 2.83 bits per heavy atom. The van der Waals surface area contributed by atoms with Gasteiger partial charge in [0.2, 0.25) is 0 Å². The van der Waals surface area contributed by atoms with E-state index in [4.69, 9.17) is 0 Å². The van der Waals surface area contributed by atoms with Crippen LogP contribution in [-0.4, -0.2) is 16.0 Å². The molecule has 0 saturated heterocycles. The van der Waals surface area contributed by atoms with E-state index in [9.17, 15) is 14.3 Å². The number of aryl methyl sites for hydroxylation is 1. The molecule has 5 heteroatoms. The van der Waals surface area contributed by atoms with E-state index < -0.39 is 11.7 Å². The van der Waals surface area contributed by atoms with E-state index in [0.717, 1.165) is 5.56 Å². The Kier molecular flexibility index (Phi) is 3.23. The van der Waals surface area contributed by atoms with Crippen LogP contribution in [0.15, 0.2) is 36.7 Å². The van der Waals surface area contributed by atoms with Gasteiger partial charge < -0.3 is 10.4 Å². The predicted molar refractivity (Wildman–Crippen MR) is 65.0 cm³/mol. The van der Waals surface area contributed by atoms with E-state index in [1.807, 2.05) is 0 Å². The van der Waals surface area contributed by atoms with E-state index in [1.54, 1.807) is 13.0 Å². The first kappa shape index (κ1) is 12.0. The van der Waals surface area contributed by atoms with Crippen LogP contribution in [0.4, 0.5) is 10.1 Å². The molecule has 1 aromatic carbocycles. The lowest BCUT2D eigenvalue weighted by molar-refractivity contribution is 0.102. The van der Waals surface area contributed by atoms with E-state index in [0.29, 0.717) is 0 Å². The van der Waals surface area contributed by atoms with Gasteiger partial charge in [0, 0.05) is 6.20 Å². The standard InChI is InChI=1S/C13H11FN2O2/c1-8-2-3-11(14)12(4-8)16-13(18)9-5-10(17)7-15-6-9/h2-7,17H,1H3,(H,16,18). The predicted octanol–water partition coefficient (Wildman–Crippen LogP) is 2.49. The number of hydrogen-bond acceptors (Lipinski definition) is 3. The van der Waals surface area contributed by atoms with Crippen LogP contribution in [-0.2, 0) is 0 Å². The van der Waals surface area contributed by atoms with E-state index in [-0.39, 0.29) is 17.0 Å². The minimum atomic E-state index is -0.525. The molecule has 1 heterocycles. The number of amides is 1. The zero-order valence-corrected chi connectivity index (χ0v) is 9.64. The quantitative estimate of drug-likeness (QED) is 0.855. The zero-order valence-electron chi connectivity index (χ0n) is 9.64. The highest BCUT2D eigenvalue weighted by molar-refractivity contribution is 6.04. The van der Waals surface area contributed by atoms with Gasteiger partial charge in [-0.15, -0.1) is 0 Å². The second kappa shape index (κ2) is 4.83. The van der Waals surface area contributed by atoms with Gasteiger partial charge in [-0.1, -0.05) is 6.07 Å². The summed E-state index contributed by atoms with van der Waals surface area (Å²) in [6.45, 7) is 1.80. The molecule has 2 N–H and O–H groups in total. The maximum atomic E-state index is 13.4. The zero-order chi connectivity index (χ0) is 13.1. The van der Waals surface area contributed by atoms with Crippen molar-refractivity contribution >= 4 is 11.6 Å². The number of anilines is 1. The van der Waals surface area contributed by atoms with Crippen molar-refractivity contribution in [1.29, 1.82) is 0 Å². The topological polar surface area (TPSA) is 62.2 Å². The van der Waals surface area contributed by atoms with Crippen molar-refractivity contribution in [3.63, 3.8) is 0 Å². The lowest BCUT2D eigenvalue weighted by Gasteiger charge is -2.07. The van der Waals surface area contributed by atoms with Crippen LogP contribution in [0.25, 0.3) is 0 Å². The first-order chi connectivity index (χ1) is 8.56. The minimum absolute atomic E-state index is 0.100. The van der Waals surface area contributed by atoms with E-state index >= 15 is 0 Å². The average molecular weight is 246 g/mol. The Balaban J connectivity index is 2.24. The Morgan fingerprint density at radius 1 is 1.33 bits per heavy atom. The fourth-order valence-corrected chi connectivity index (χ4v) is 1.48. The lowest BCUT2D eigenvalue weighted by Crippen LogP contribution is -2.13. The van der Waals surface area contributed by atoms with Crippen molar-refractivity contribution in [1.82, 2.24) is 4.98 Å². The van der Waals surface area contributed by atoms with Gasteiger partial charge in [0.1, 0.15) is 11.6 Å². The summed E-state index contributed by atoms with van der Waals surface area (Å²) in [5.41, 5.74) is 1.10. The van der Waals surface area contributed by atoms with Crippen molar-refractivity contribution in [2.45, 2.75) is 6.92 Å².